The highest BCUT2D eigenvalue weighted by Crippen LogP contribution is 2.33. The van der Waals surface area contributed by atoms with Crippen molar-refractivity contribution in [3.63, 3.8) is 0 Å². The van der Waals surface area contributed by atoms with Gasteiger partial charge in [0.25, 0.3) is 0 Å². The van der Waals surface area contributed by atoms with E-state index in [1.165, 1.54) is 5.56 Å². The minimum Gasteiger partial charge on any atom is -0.496 e. The van der Waals surface area contributed by atoms with Crippen molar-refractivity contribution >= 4 is 15.9 Å². The lowest BCUT2D eigenvalue weighted by molar-refractivity contribution is 0.365. The summed E-state index contributed by atoms with van der Waals surface area (Å²) >= 11 is 3.51. The van der Waals surface area contributed by atoms with Crippen LogP contribution in [0.2, 0.25) is 0 Å². The Bertz CT molecular complexity index is 341. The molecule has 90 valence electrons. The molecular weight excluding hydrogens is 266 g/mol. The fraction of sp³-hybridized carbons (Fsp3) is 0.538. The zero-order valence-electron chi connectivity index (χ0n) is 10.4. The van der Waals surface area contributed by atoms with Gasteiger partial charge in [0, 0.05) is 16.1 Å². The number of rotatable bonds is 5. The molecule has 0 aliphatic carbocycles. The molecule has 2 nitrogen and oxygen atoms in total. The molecule has 16 heavy (non-hydrogen) atoms. The van der Waals surface area contributed by atoms with Gasteiger partial charge in [-0.15, -0.1) is 0 Å². The van der Waals surface area contributed by atoms with Crippen LogP contribution >= 0.6 is 15.9 Å². The Morgan fingerprint density at radius 3 is 2.62 bits per heavy atom. The van der Waals surface area contributed by atoms with E-state index in [9.17, 15) is 0 Å². The van der Waals surface area contributed by atoms with Crippen molar-refractivity contribution in [1.29, 1.82) is 0 Å². The van der Waals surface area contributed by atoms with Gasteiger partial charge in [0.05, 0.1) is 7.11 Å². The Morgan fingerprint density at radius 1 is 1.44 bits per heavy atom. The molecule has 2 atom stereocenters. The summed E-state index contributed by atoms with van der Waals surface area (Å²) in [6.07, 6.45) is 1.14. The first-order valence-corrected chi connectivity index (χ1v) is 6.44. The summed E-state index contributed by atoms with van der Waals surface area (Å²) in [5, 5.41) is 3.37. The predicted molar refractivity (Wildman–Crippen MR) is 71.9 cm³/mol. The Morgan fingerprint density at radius 2 is 2.12 bits per heavy atom. The maximum atomic E-state index is 5.42. The molecule has 1 rings (SSSR count). The van der Waals surface area contributed by atoms with Crippen LogP contribution < -0.4 is 10.1 Å². The van der Waals surface area contributed by atoms with Crippen LogP contribution in [0.4, 0.5) is 0 Å². The fourth-order valence-corrected chi connectivity index (χ4v) is 2.31. The quantitative estimate of drug-likeness (QED) is 0.889. The number of ether oxygens (including phenoxy) is 1. The molecule has 0 radical (unpaired) electrons. The lowest BCUT2D eigenvalue weighted by Gasteiger charge is -2.24. The average molecular weight is 286 g/mol. The van der Waals surface area contributed by atoms with E-state index in [-0.39, 0.29) is 0 Å². The van der Waals surface area contributed by atoms with Gasteiger partial charge in [-0.05, 0) is 31.2 Å². The van der Waals surface area contributed by atoms with Gasteiger partial charge < -0.3 is 10.1 Å². The van der Waals surface area contributed by atoms with Gasteiger partial charge in [-0.1, -0.05) is 36.2 Å². The van der Waals surface area contributed by atoms with Crippen molar-refractivity contribution in [3.05, 3.63) is 28.2 Å². The summed E-state index contributed by atoms with van der Waals surface area (Å²) in [5.74, 6) is 1.52. The van der Waals surface area contributed by atoms with E-state index in [0.29, 0.717) is 12.0 Å². The van der Waals surface area contributed by atoms with Crippen LogP contribution in [0.1, 0.15) is 31.9 Å². The van der Waals surface area contributed by atoms with Gasteiger partial charge in [0.15, 0.2) is 0 Å². The molecule has 0 saturated heterocycles. The Kier molecular flexibility index (Phi) is 5.29. The van der Waals surface area contributed by atoms with Gasteiger partial charge in [-0.2, -0.15) is 0 Å². The zero-order chi connectivity index (χ0) is 12.1. The van der Waals surface area contributed by atoms with Crippen LogP contribution in [-0.4, -0.2) is 14.2 Å². The second-order valence-electron chi connectivity index (χ2n) is 4.04. The van der Waals surface area contributed by atoms with E-state index in [4.69, 9.17) is 4.74 Å². The maximum Gasteiger partial charge on any atom is 0.123 e. The predicted octanol–water partition coefficient (Wildman–Crippen LogP) is 3.76. The van der Waals surface area contributed by atoms with Gasteiger partial charge in [-0.25, -0.2) is 0 Å². The summed E-state index contributed by atoms with van der Waals surface area (Å²) in [5.41, 5.74) is 1.22. The van der Waals surface area contributed by atoms with E-state index in [0.717, 1.165) is 16.6 Å². The SMILES string of the molecule is CCC(C)C(NC)c1cc(Br)ccc1OC. The smallest absolute Gasteiger partial charge is 0.123 e. The third kappa shape index (κ3) is 2.98. The number of hydrogen-bond acceptors (Lipinski definition) is 2. The van der Waals surface area contributed by atoms with Crippen LogP contribution in [0.15, 0.2) is 22.7 Å². The first-order valence-electron chi connectivity index (χ1n) is 5.64. The number of methoxy groups -OCH3 is 1. The molecule has 3 heteroatoms. The third-order valence-electron chi connectivity index (χ3n) is 3.05. The molecule has 0 amide bonds. The Labute approximate surface area is 107 Å². The number of nitrogens with one attached hydrogen (secondary N) is 1. The van der Waals surface area contributed by atoms with E-state index < -0.39 is 0 Å². The lowest BCUT2D eigenvalue weighted by atomic mass is 9.92. The standard InChI is InChI=1S/C13H20BrNO/c1-5-9(2)13(15-3)11-8-10(14)6-7-12(11)16-4/h6-9,13,15H,5H2,1-4H3. The third-order valence-corrected chi connectivity index (χ3v) is 3.54. The minimum absolute atomic E-state index is 0.331. The van der Waals surface area contributed by atoms with Crippen LogP contribution in [0, 0.1) is 5.92 Å². The number of halogens is 1. The molecule has 0 aliphatic heterocycles. The van der Waals surface area contributed by atoms with E-state index >= 15 is 0 Å². The highest BCUT2D eigenvalue weighted by molar-refractivity contribution is 9.10. The summed E-state index contributed by atoms with van der Waals surface area (Å²) in [6.45, 7) is 4.46. The van der Waals surface area contributed by atoms with Gasteiger partial charge >= 0.3 is 0 Å². The normalized spacial score (nSPS) is 14.6. The molecule has 0 aromatic heterocycles. The van der Waals surface area contributed by atoms with E-state index in [2.05, 4.69) is 41.2 Å². The molecular formula is C13H20BrNO. The molecule has 0 heterocycles. The van der Waals surface area contributed by atoms with Crippen molar-refractivity contribution in [2.45, 2.75) is 26.3 Å². The molecule has 0 fully saturated rings. The Balaban J connectivity index is 3.11. The summed E-state index contributed by atoms with van der Waals surface area (Å²) in [4.78, 5) is 0. The molecule has 0 bridgehead atoms. The Hall–Kier alpha value is -0.540. The van der Waals surface area contributed by atoms with E-state index in [1.54, 1.807) is 7.11 Å². The molecule has 0 saturated carbocycles. The van der Waals surface area contributed by atoms with E-state index in [1.807, 2.05) is 19.2 Å². The first kappa shape index (κ1) is 13.5. The summed E-state index contributed by atoms with van der Waals surface area (Å²) < 4.78 is 6.51. The van der Waals surface area contributed by atoms with Crippen LogP contribution in [0.5, 0.6) is 5.75 Å². The first-order chi connectivity index (χ1) is 7.63. The fourth-order valence-electron chi connectivity index (χ4n) is 1.93. The highest BCUT2D eigenvalue weighted by atomic mass is 79.9. The second-order valence-corrected chi connectivity index (χ2v) is 4.95. The summed E-state index contributed by atoms with van der Waals surface area (Å²) in [6, 6.07) is 6.47. The van der Waals surface area contributed by atoms with Crippen molar-refractivity contribution < 1.29 is 4.74 Å². The second kappa shape index (κ2) is 6.26. The van der Waals surface area contributed by atoms with Crippen molar-refractivity contribution in [2.24, 2.45) is 5.92 Å². The minimum atomic E-state index is 0.331. The molecule has 1 N–H and O–H groups in total. The highest BCUT2D eigenvalue weighted by Gasteiger charge is 2.19. The monoisotopic (exact) mass is 285 g/mol. The summed E-state index contributed by atoms with van der Waals surface area (Å²) in [7, 11) is 3.72. The van der Waals surface area contributed by atoms with Crippen LogP contribution in [0.25, 0.3) is 0 Å². The van der Waals surface area contributed by atoms with Crippen LogP contribution in [-0.2, 0) is 0 Å². The van der Waals surface area contributed by atoms with Crippen molar-refractivity contribution in [2.75, 3.05) is 14.2 Å². The topological polar surface area (TPSA) is 21.3 Å². The van der Waals surface area contributed by atoms with Gasteiger partial charge in [-0.3, -0.25) is 0 Å². The number of hydrogen-bond donors (Lipinski definition) is 1. The zero-order valence-corrected chi connectivity index (χ0v) is 12.0. The maximum absolute atomic E-state index is 5.42. The molecule has 1 aromatic rings. The van der Waals surface area contributed by atoms with Gasteiger partial charge in [0.1, 0.15) is 5.75 Å². The van der Waals surface area contributed by atoms with Crippen molar-refractivity contribution in [3.8, 4) is 5.75 Å². The average Bonchev–Trinajstić information content (AvgIpc) is 2.30. The van der Waals surface area contributed by atoms with Gasteiger partial charge in [0.2, 0.25) is 0 Å². The molecule has 0 spiro atoms. The molecule has 1 aromatic carbocycles. The largest absolute Gasteiger partial charge is 0.496 e. The number of benzene rings is 1. The molecule has 2 unspecified atom stereocenters. The molecule has 0 aliphatic rings. The van der Waals surface area contributed by atoms with Crippen LogP contribution in [0.3, 0.4) is 0 Å². The lowest BCUT2D eigenvalue weighted by Crippen LogP contribution is -2.23. The van der Waals surface area contributed by atoms with Crippen molar-refractivity contribution in [1.82, 2.24) is 5.32 Å².